The van der Waals surface area contributed by atoms with Gasteiger partial charge in [-0.15, -0.1) is 0 Å². The standard InChI is InChI=1S/C42H59N13O4/c1-27(2)50-34-21-36(55-15-11-30-20-28(22-43)23-49-37(30)55)48-24-32(34)39(57)51-31-9-7-29(8-10-31)38(56)46-13-18-59-19-17-53-25-35(42(3,4)26-53)52-40(58)33(44)6-5-14-54-16-12-47-41(54)45/h11-12,15-16,20-21,23-24,27,29,31,33,35H,5-10,13-14,17-19,25-26,44H2,1-4H3,(H2,45,47)(H,46,56)(H,48,50)(H,51,57)(H,52,58)/t29?,31?,33-,35-/m0/s1. The number of nitrogens with zero attached hydrogens (tertiary/aromatic N) is 7. The molecule has 0 aromatic carbocycles. The van der Waals surface area contributed by atoms with Gasteiger partial charge in [-0.05, 0) is 69.9 Å². The topological polar surface area (TPSA) is 236 Å². The molecule has 2 aliphatic rings. The van der Waals surface area contributed by atoms with Crippen LogP contribution in [0.15, 0.2) is 49.2 Å². The maximum atomic E-state index is 13.5. The fourth-order valence-electron chi connectivity index (χ4n) is 8.00. The van der Waals surface area contributed by atoms with Crippen LogP contribution >= 0.6 is 0 Å². The normalized spacial score (nSPS) is 19.6. The predicted octanol–water partition coefficient (Wildman–Crippen LogP) is 2.95. The van der Waals surface area contributed by atoms with E-state index in [0.717, 1.165) is 31.4 Å². The number of pyridine rings is 2. The van der Waals surface area contributed by atoms with E-state index in [1.807, 2.05) is 47.5 Å². The van der Waals surface area contributed by atoms with Crippen molar-refractivity contribution >= 4 is 40.4 Å². The van der Waals surface area contributed by atoms with Gasteiger partial charge in [0.2, 0.25) is 11.8 Å². The van der Waals surface area contributed by atoms with Gasteiger partial charge in [-0.25, -0.2) is 15.0 Å². The molecule has 2 fully saturated rings. The van der Waals surface area contributed by atoms with Gasteiger partial charge in [0.15, 0.2) is 5.95 Å². The second-order valence-electron chi connectivity index (χ2n) is 16.8. The van der Waals surface area contributed by atoms with Gasteiger partial charge in [0.05, 0.1) is 36.1 Å². The zero-order chi connectivity index (χ0) is 42.1. The van der Waals surface area contributed by atoms with Crippen LogP contribution in [0.4, 0.5) is 11.6 Å². The zero-order valence-electron chi connectivity index (χ0n) is 34.6. The molecule has 59 heavy (non-hydrogen) atoms. The molecule has 0 unspecified atom stereocenters. The highest BCUT2D eigenvalue weighted by Crippen LogP contribution is 2.30. The van der Waals surface area contributed by atoms with Gasteiger partial charge < -0.3 is 42.0 Å². The van der Waals surface area contributed by atoms with E-state index in [1.54, 1.807) is 18.5 Å². The summed E-state index contributed by atoms with van der Waals surface area (Å²) >= 11 is 0. The van der Waals surface area contributed by atoms with Crippen molar-refractivity contribution in [2.24, 2.45) is 17.1 Å². The molecule has 1 aliphatic heterocycles. The first-order valence-corrected chi connectivity index (χ1v) is 20.7. The molecule has 2 atom stereocenters. The quantitative estimate of drug-likeness (QED) is 0.0797. The number of hydrogen-bond donors (Lipinski definition) is 6. The van der Waals surface area contributed by atoms with E-state index >= 15 is 0 Å². The monoisotopic (exact) mass is 809 g/mol. The lowest BCUT2D eigenvalue weighted by Gasteiger charge is -2.28. The summed E-state index contributed by atoms with van der Waals surface area (Å²) in [7, 11) is 0. The van der Waals surface area contributed by atoms with E-state index in [2.05, 4.69) is 61.0 Å². The van der Waals surface area contributed by atoms with E-state index in [9.17, 15) is 19.6 Å². The summed E-state index contributed by atoms with van der Waals surface area (Å²) in [5, 5.41) is 22.8. The number of aromatic nitrogens is 5. The molecule has 4 aromatic heterocycles. The van der Waals surface area contributed by atoms with Crippen LogP contribution < -0.4 is 32.7 Å². The number of nitrogens with two attached hydrogens (primary N) is 2. The van der Waals surface area contributed by atoms with Gasteiger partial charge in [0.25, 0.3) is 5.91 Å². The van der Waals surface area contributed by atoms with E-state index in [4.69, 9.17) is 16.2 Å². The number of carbonyl (C=O) groups is 3. The van der Waals surface area contributed by atoms with Gasteiger partial charge in [-0.1, -0.05) is 13.8 Å². The Labute approximate surface area is 345 Å². The van der Waals surface area contributed by atoms with Gasteiger partial charge in [0, 0.05) is 99.2 Å². The van der Waals surface area contributed by atoms with Gasteiger partial charge in [0.1, 0.15) is 17.5 Å². The molecule has 8 N–H and O–H groups in total. The Morgan fingerprint density at radius 2 is 1.83 bits per heavy atom. The molecule has 5 heterocycles. The third kappa shape index (κ3) is 11.1. The van der Waals surface area contributed by atoms with E-state index in [1.165, 1.54) is 6.20 Å². The number of aryl methyl sites for hydroxylation is 1. The van der Waals surface area contributed by atoms with Crippen molar-refractivity contribution in [1.82, 2.24) is 44.9 Å². The first kappa shape index (κ1) is 43.0. The highest BCUT2D eigenvalue weighted by Gasteiger charge is 2.40. The lowest BCUT2D eigenvalue weighted by atomic mass is 9.85. The third-order valence-corrected chi connectivity index (χ3v) is 11.3. The Morgan fingerprint density at radius 1 is 1.03 bits per heavy atom. The van der Waals surface area contributed by atoms with Gasteiger partial charge in [-0.2, -0.15) is 5.26 Å². The Balaban J connectivity index is 0.874. The second kappa shape index (κ2) is 19.5. The third-order valence-electron chi connectivity index (χ3n) is 11.3. The summed E-state index contributed by atoms with van der Waals surface area (Å²) < 4.78 is 9.56. The minimum absolute atomic E-state index is 0.0152. The SMILES string of the molecule is CC(C)Nc1cc(-n2ccc3cc(C#N)cnc32)ncc1C(=O)NC1CCC(C(=O)NCCOCCN2C[C@H](NC(=O)[C@@H](N)CCCn3ccnc3N)C(C)(C)C2)CC1. The molecule has 0 bridgehead atoms. The number of anilines is 2. The van der Waals surface area contributed by atoms with Crippen LogP contribution in [-0.4, -0.2) is 110 Å². The van der Waals surface area contributed by atoms with Crippen molar-refractivity contribution < 1.29 is 19.1 Å². The molecule has 0 radical (unpaired) electrons. The highest BCUT2D eigenvalue weighted by atomic mass is 16.5. The fourth-order valence-corrected chi connectivity index (χ4v) is 8.00. The van der Waals surface area contributed by atoms with E-state index < -0.39 is 6.04 Å². The molecule has 6 rings (SSSR count). The Morgan fingerprint density at radius 3 is 2.56 bits per heavy atom. The van der Waals surface area contributed by atoms with Crippen molar-refractivity contribution in [2.45, 2.75) is 96.9 Å². The molecule has 1 saturated heterocycles. The van der Waals surface area contributed by atoms with Crippen LogP contribution in [0.3, 0.4) is 0 Å². The number of ether oxygens (including phenoxy) is 1. The van der Waals surface area contributed by atoms with Crippen LogP contribution in [0.1, 0.15) is 82.1 Å². The molecule has 17 heteroatoms. The summed E-state index contributed by atoms with van der Waals surface area (Å²) in [4.78, 5) is 54.8. The predicted molar refractivity (Wildman–Crippen MR) is 225 cm³/mol. The van der Waals surface area contributed by atoms with Crippen LogP contribution in [0.2, 0.25) is 0 Å². The summed E-state index contributed by atoms with van der Waals surface area (Å²) in [6, 6.07) is 7.03. The Hall–Kier alpha value is -5.57. The zero-order valence-corrected chi connectivity index (χ0v) is 34.6. The first-order chi connectivity index (χ1) is 28.3. The van der Waals surface area contributed by atoms with Gasteiger partial charge >= 0.3 is 0 Å². The van der Waals surface area contributed by atoms with Crippen LogP contribution in [0, 0.1) is 22.7 Å². The first-order valence-electron chi connectivity index (χ1n) is 20.7. The average molecular weight is 810 g/mol. The average Bonchev–Trinajstić information content (AvgIpc) is 3.91. The highest BCUT2D eigenvalue weighted by molar-refractivity contribution is 6.00. The van der Waals surface area contributed by atoms with Crippen molar-refractivity contribution in [2.75, 3.05) is 50.4 Å². The lowest BCUT2D eigenvalue weighted by molar-refractivity contribution is -0.126. The van der Waals surface area contributed by atoms with Gasteiger partial charge in [-0.3, -0.25) is 23.9 Å². The number of likely N-dealkylation sites (tertiary alicyclic amines) is 1. The summed E-state index contributed by atoms with van der Waals surface area (Å²) in [5.41, 5.74) is 14.2. The number of imidazole rings is 1. The van der Waals surface area contributed by atoms with Crippen LogP contribution in [-0.2, 0) is 20.9 Å². The van der Waals surface area contributed by atoms with Crippen LogP contribution in [0.5, 0.6) is 0 Å². The molecule has 1 saturated carbocycles. The smallest absolute Gasteiger partial charge is 0.255 e. The molecule has 17 nitrogen and oxygen atoms in total. The van der Waals surface area contributed by atoms with E-state index in [-0.39, 0.29) is 47.2 Å². The number of nitrogen functional groups attached to an aromatic ring is 1. The number of rotatable bonds is 18. The number of carbonyl (C=O) groups excluding carboxylic acids is 3. The number of hydrogen-bond acceptors (Lipinski definition) is 12. The lowest BCUT2D eigenvalue weighted by Crippen LogP contribution is -2.50. The summed E-state index contributed by atoms with van der Waals surface area (Å²) in [6.45, 7) is 12.6. The number of fused-ring (bicyclic) bond motifs is 1. The second-order valence-corrected chi connectivity index (χ2v) is 16.8. The number of amides is 3. The number of nitriles is 1. The van der Waals surface area contributed by atoms with Crippen LogP contribution in [0.25, 0.3) is 16.9 Å². The minimum Gasteiger partial charge on any atom is -0.382 e. The van der Waals surface area contributed by atoms with E-state index in [0.29, 0.717) is 92.6 Å². The van der Waals surface area contributed by atoms with Crippen molar-refractivity contribution in [3.05, 3.63) is 60.3 Å². The molecule has 316 valence electrons. The molecule has 1 aliphatic carbocycles. The molecule has 0 spiro atoms. The number of nitrogens with one attached hydrogen (secondary N) is 4. The minimum atomic E-state index is -0.592. The molecule has 3 amide bonds. The Kier molecular flexibility index (Phi) is 14.2. The molecular weight excluding hydrogens is 751 g/mol. The summed E-state index contributed by atoms with van der Waals surface area (Å²) in [5.74, 6) is 0.605. The maximum absolute atomic E-state index is 13.5. The van der Waals surface area contributed by atoms with Crippen molar-refractivity contribution in [3.63, 3.8) is 0 Å². The largest absolute Gasteiger partial charge is 0.382 e. The molecular formula is C42H59N13O4. The maximum Gasteiger partial charge on any atom is 0.255 e. The van der Waals surface area contributed by atoms with Crippen molar-refractivity contribution in [1.29, 1.82) is 5.26 Å². The van der Waals surface area contributed by atoms with Crippen molar-refractivity contribution in [3.8, 4) is 11.9 Å². The fraction of sp³-hybridized carbons (Fsp3) is 0.548. The summed E-state index contributed by atoms with van der Waals surface area (Å²) in [6.07, 6.45) is 12.5. The molecule has 4 aromatic rings. The Bertz CT molecular complexity index is 2110.